The van der Waals surface area contributed by atoms with Gasteiger partial charge in [0.2, 0.25) is 10.0 Å². The van der Waals surface area contributed by atoms with Crippen molar-refractivity contribution in [2.24, 2.45) is 0 Å². The second kappa shape index (κ2) is 10.4. The first-order chi connectivity index (χ1) is 15.3. The molecule has 0 aliphatic rings. The summed E-state index contributed by atoms with van der Waals surface area (Å²) in [6, 6.07) is 17.8. The van der Waals surface area contributed by atoms with Gasteiger partial charge < -0.3 is 20.1 Å². The lowest BCUT2D eigenvalue weighted by atomic mass is 10.1. The summed E-state index contributed by atoms with van der Waals surface area (Å²) < 4.78 is 44.4. The number of fused-ring (bicyclic) bond motifs is 3. The van der Waals surface area contributed by atoms with Gasteiger partial charge in [-0.05, 0) is 35.9 Å². The summed E-state index contributed by atoms with van der Waals surface area (Å²) in [7, 11) is -3.62. The molecule has 0 saturated heterocycles. The van der Waals surface area contributed by atoms with E-state index in [9.17, 15) is 17.9 Å². The minimum Gasteiger partial charge on any atom is -0.492 e. The van der Waals surface area contributed by atoms with Gasteiger partial charge in [-0.1, -0.05) is 24.3 Å². The van der Waals surface area contributed by atoms with Crippen LogP contribution in [0, 0.1) is 5.82 Å². The molecule has 0 amide bonds. The summed E-state index contributed by atoms with van der Waals surface area (Å²) in [5.41, 5.74) is 2.28. The first-order valence-corrected chi connectivity index (χ1v) is 12.0. The highest BCUT2D eigenvalue weighted by atomic mass is 35.5. The number of ether oxygens (including phenoxy) is 1. The van der Waals surface area contributed by atoms with E-state index in [4.69, 9.17) is 4.74 Å². The number of aromatic nitrogens is 1. The summed E-state index contributed by atoms with van der Waals surface area (Å²) in [4.78, 5) is 3.38. The smallest absolute Gasteiger partial charge is 0.229 e. The SMILES string of the molecule is CS(=O)(=O)Nc1cc([C@H](O)CNCCOc2ccc3c(c2)[nH]c2ccccc23)ccc1F.Cl. The highest BCUT2D eigenvalue weighted by Crippen LogP contribution is 2.28. The molecule has 4 rings (SSSR count). The number of anilines is 1. The number of hydrogen-bond acceptors (Lipinski definition) is 5. The number of aliphatic hydroxyl groups is 1. The van der Waals surface area contributed by atoms with Crippen LogP contribution in [0.3, 0.4) is 0 Å². The highest BCUT2D eigenvalue weighted by Gasteiger charge is 2.13. The molecule has 7 nitrogen and oxygen atoms in total. The van der Waals surface area contributed by atoms with Crippen LogP contribution in [-0.4, -0.2) is 44.5 Å². The van der Waals surface area contributed by atoms with Gasteiger partial charge in [-0.25, -0.2) is 12.8 Å². The number of aromatic amines is 1. The molecule has 1 heterocycles. The van der Waals surface area contributed by atoms with E-state index in [1.165, 1.54) is 17.5 Å². The second-order valence-electron chi connectivity index (χ2n) is 7.56. The van der Waals surface area contributed by atoms with E-state index in [2.05, 4.69) is 21.1 Å². The Labute approximate surface area is 197 Å². The molecule has 0 bridgehead atoms. The Bertz CT molecular complexity index is 1360. The van der Waals surface area contributed by atoms with Crippen LogP contribution in [0.25, 0.3) is 21.8 Å². The number of rotatable bonds is 9. The molecule has 4 aromatic rings. The van der Waals surface area contributed by atoms with Crippen molar-refractivity contribution < 1.29 is 22.7 Å². The summed E-state index contributed by atoms with van der Waals surface area (Å²) in [6.45, 7) is 1.08. The quantitative estimate of drug-likeness (QED) is 0.264. The Morgan fingerprint density at radius 1 is 1.06 bits per heavy atom. The molecule has 0 aliphatic heterocycles. The van der Waals surface area contributed by atoms with Crippen molar-refractivity contribution in [2.45, 2.75) is 6.10 Å². The lowest BCUT2D eigenvalue weighted by molar-refractivity contribution is 0.172. The van der Waals surface area contributed by atoms with Gasteiger partial charge in [0, 0.05) is 35.4 Å². The number of para-hydroxylation sites is 1. The highest BCUT2D eigenvalue weighted by molar-refractivity contribution is 7.92. The van der Waals surface area contributed by atoms with Crippen LogP contribution >= 0.6 is 12.4 Å². The maximum Gasteiger partial charge on any atom is 0.229 e. The van der Waals surface area contributed by atoms with E-state index >= 15 is 0 Å². The molecular formula is C23H25ClFN3O4S. The van der Waals surface area contributed by atoms with Gasteiger partial charge in [0.25, 0.3) is 0 Å². The van der Waals surface area contributed by atoms with Crippen molar-refractivity contribution in [1.82, 2.24) is 10.3 Å². The molecule has 4 N–H and O–H groups in total. The third-order valence-electron chi connectivity index (χ3n) is 5.03. The zero-order chi connectivity index (χ0) is 22.7. The Balaban J connectivity index is 0.00000306. The summed E-state index contributed by atoms with van der Waals surface area (Å²) in [6.07, 6.45) is 0.00547. The molecule has 0 spiro atoms. The van der Waals surface area contributed by atoms with Crippen molar-refractivity contribution in [1.29, 1.82) is 0 Å². The summed E-state index contributed by atoms with van der Waals surface area (Å²) in [5, 5.41) is 15.7. The van der Waals surface area contributed by atoms with Crippen molar-refractivity contribution in [3.8, 4) is 5.75 Å². The van der Waals surface area contributed by atoms with Crippen molar-refractivity contribution in [3.05, 3.63) is 72.0 Å². The Kier molecular flexibility index (Phi) is 7.80. The van der Waals surface area contributed by atoms with E-state index in [0.717, 1.165) is 34.5 Å². The molecule has 1 atom stereocenters. The Hall–Kier alpha value is -2.85. The molecular weight excluding hydrogens is 469 g/mol. The molecule has 176 valence electrons. The van der Waals surface area contributed by atoms with Crippen LogP contribution in [0.5, 0.6) is 5.75 Å². The number of halogens is 2. The van der Waals surface area contributed by atoms with Gasteiger partial charge >= 0.3 is 0 Å². The molecule has 0 fully saturated rings. The minimum atomic E-state index is -3.62. The fourth-order valence-corrected chi connectivity index (χ4v) is 4.11. The van der Waals surface area contributed by atoms with E-state index in [0.29, 0.717) is 18.7 Å². The topological polar surface area (TPSA) is 103 Å². The molecule has 1 aromatic heterocycles. The summed E-state index contributed by atoms with van der Waals surface area (Å²) >= 11 is 0. The maximum atomic E-state index is 13.8. The van der Waals surface area contributed by atoms with Gasteiger partial charge in [-0.15, -0.1) is 12.4 Å². The van der Waals surface area contributed by atoms with Crippen molar-refractivity contribution in [2.75, 3.05) is 30.7 Å². The molecule has 0 unspecified atom stereocenters. The lowest BCUT2D eigenvalue weighted by Crippen LogP contribution is -2.26. The van der Waals surface area contributed by atoms with Gasteiger partial charge in [0.05, 0.1) is 23.6 Å². The first kappa shape index (κ1) is 24.8. The van der Waals surface area contributed by atoms with Crippen LogP contribution in [0.2, 0.25) is 0 Å². The molecule has 33 heavy (non-hydrogen) atoms. The number of H-pyrrole nitrogens is 1. The Morgan fingerprint density at radius 2 is 1.82 bits per heavy atom. The fraction of sp³-hybridized carbons (Fsp3) is 0.217. The van der Waals surface area contributed by atoms with Crippen LogP contribution in [0.15, 0.2) is 60.7 Å². The zero-order valence-electron chi connectivity index (χ0n) is 17.8. The van der Waals surface area contributed by atoms with E-state index in [1.807, 2.05) is 36.4 Å². The van der Waals surface area contributed by atoms with Crippen LogP contribution in [-0.2, 0) is 10.0 Å². The van der Waals surface area contributed by atoms with Crippen LogP contribution < -0.4 is 14.8 Å². The number of hydrogen-bond donors (Lipinski definition) is 4. The molecule has 0 radical (unpaired) electrons. The van der Waals surface area contributed by atoms with Crippen molar-refractivity contribution in [3.63, 3.8) is 0 Å². The third-order valence-corrected chi connectivity index (χ3v) is 5.62. The Morgan fingerprint density at radius 3 is 2.61 bits per heavy atom. The minimum absolute atomic E-state index is 0. The van der Waals surface area contributed by atoms with Gasteiger partial charge in [0.1, 0.15) is 18.2 Å². The maximum absolute atomic E-state index is 13.8. The average molecular weight is 494 g/mol. The fourth-order valence-electron chi connectivity index (χ4n) is 3.55. The predicted molar refractivity (Wildman–Crippen MR) is 131 cm³/mol. The monoisotopic (exact) mass is 493 g/mol. The number of nitrogens with one attached hydrogen (secondary N) is 3. The van der Waals surface area contributed by atoms with E-state index < -0.39 is 21.9 Å². The van der Waals surface area contributed by atoms with Gasteiger partial charge in [0.15, 0.2) is 0 Å². The van der Waals surface area contributed by atoms with Crippen LogP contribution in [0.1, 0.15) is 11.7 Å². The largest absolute Gasteiger partial charge is 0.492 e. The normalized spacial score (nSPS) is 12.5. The third kappa shape index (κ3) is 6.14. The second-order valence-corrected chi connectivity index (χ2v) is 9.31. The number of sulfonamides is 1. The van der Waals surface area contributed by atoms with Crippen LogP contribution in [0.4, 0.5) is 10.1 Å². The molecule has 10 heteroatoms. The summed E-state index contributed by atoms with van der Waals surface area (Å²) in [5.74, 6) is 0.0288. The average Bonchev–Trinajstić information content (AvgIpc) is 3.11. The standard InChI is InChI=1S/C23H24FN3O4S.ClH/c1-32(29,30)27-22-12-15(6-9-19(22)24)23(28)14-25-10-11-31-16-7-8-18-17-4-2-3-5-20(17)26-21(18)13-16;/h2-9,12-13,23,25-28H,10-11,14H2,1H3;1H/t23-;/m1./s1. The predicted octanol–water partition coefficient (Wildman–Crippen LogP) is 3.96. The van der Waals surface area contributed by atoms with E-state index in [1.54, 1.807) is 0 Å². The number of aliphatic hydroxyl groups excluding tert-OH is 1. The molecule has 0 saturated carbocycles. The van der Waals surface area contributed by atoms with Gasteiger partial charge in [-0.2, -0.15) is 0 Å². The lowest BCUT2D eigenvalue weighted by Gasteiger charge is -2.14. The van der Waals surface area contributed by atoms with Crippen molar-refractivity contribution >= 4 is 49.9 Å². The molecule has 0 aliphatic carbocycles. The van der Waals surface area contributed by atoms with Gasteiger partial charge in [-0.3, -0.25) is 4.72 Å². The zero-order valence-corrected chi connectivity index (χ0v) is 19.5. The first-order valence-electron chi connectivity index (χ1n) is 10.1. The van der Waals surface area contributed by atoms with E-state index in [-0.39, 0.29) is 24.6 Å². The number of benzene rings is 3. The molecule has 3 aromatic carbocycles.